The third-order valence-corrected chi connectivity index (χ3v) is 7.59. The van der Waals surface area contributed by atoms with Gasteiger partial charge < -0.3 is 14.5 Å². The van der Waals surface area contributed by atoms with E-state index in [9.17, 15) is 14.4 Å². The number of esters is 1. The zero-order valence-electron chi connectivity index (χ0n) is 19.9. The van der Waals surface area contributed by atoms with Crippen LogP contribution < -0.4 is 10.7 Å². The largest absolute Gasteiger partial charge is 0.464 e. The number of benzene rings is 1. The molecule has 2 atom stereocenters. The Bertz CT molecular complexity index is 1430. The van der Waals surface area contributed by atoms with Gasteiger partial charge in [0.1, 0.15) is 5.58 Å². The summed E-state index contributed by atoms with van der Waals surface area (Å²) < 4.78 is 11.4. The smallest absolute Gasteiger partial charge is 0.336 e. The summed E-state index contributed by atoms with van der Waals surface area (Å²) in [7, 11) is 0. The van der Waals surface area contributed by atoms with Crippen molar-refractivity contribution in [1.29, 1.82) is 0 Å². The number of Topliss-reactive ketones (excluding diaryl/α,β-unsaturated/α-hetero) is 1. The first kappa shape index (κ1) is 23.3. The van der Waals surface area contributed by atoms with E-state index in [0.29, 0.717) is 35.1 Å². The summed E-state index contributed by atoms with van der Waals surface area (Å²) >= 11 is 1.63. The molecule has 1 aliphatic heterocycles. The van der Waals surface area contributed by atoms with Gasteiger partial charge in [-0.05, 0) is 42.8 Å². The number of allylic oxidation sites excluding steroid dienone is 3. The van der Waals surface area contributed by atoms with Crippen molar-refractivity contribution >= 4 is 34.1 Å². The number of thiophene rings is 1. The summed E-state index contributed by atoms with van der Waals surface area (Å²) in [5, 5.41) is 5.75. The van der Waals surface area contributed by atoms with Crippen molar-refractivity contribution in [2.75, 3.05) is 6.61 Å². The van der Waals surface area contributed by atoms with E-state index in [1.807, 2.05) is 31.4 Å². The zero-order chi connectivity index (χ0) is 24.7. The summed E-state index contributed by atoms with van der Waals surface area (Å²) in [6, 6.07) is 11.0. The van der Waals surface area contributed by atoms with Crippen LogP contribution in [0.3, 0.4) is 0 Å². The van der Waals surface area contributed by atoms with Gasteiger partial charge in [0.05, 0.1) is 29.7 Å². The number of carbonyl (C=O) groups excluding carboxylic acids is 2. The average molecular weight is 490 g/mol. The Balaban J connectivity index is 1.66. The van der Waals surface area contributed by atoms with Crippen LogP contribution >= 0.6 is 11.3 Å². The molecule has 1 N–H and O–H groups in total. The molecule has 0 fully saturated rings. The molecule has 35 heavy (non-hydrogen) atoms. The molecule has 7 heteroatoms. The van der Waals surface area contributed by atoms with Crippen LogP contribution in [0.1, 0.15) is 55.9 Å². The highest BCUT2D eigenvalue weighted by molar-refractivity contribution is 7.10. The SMILES string of the molecule is CC1=C(C(=O)OCC(C)C)[C@@H](c2coc3ccccc3c2=O)C2=C(C[C@@H](c3cccs3)CC2=O)N1. The van der Waals surface area contributed by atoms with Crippen LogP contribution in [0, 0.1) is 5.92 Å². The lowest BCUT2D eigenvalue weighted by molar-refractivity contribution is -0.140. The minimum atomic E-state index is -0.844. The van der Waals surface area contributed by atoms with Gasteiger partial charge >= 0.3 is 5.97 Å². The highest BCUT2D eigenvalue weighted by Crippen LogP contribution is 2.45. The van der Waals surface area contributed by atoms with E-state index in [4.69, 9.17) is 9.15 Å². The molecule has 0 radical (unpaired) electrons. The van der Waals surface area contributed by atoms with Crippen LogP contribution in [0.2, 0.25) is 0 Å². The quantitative estimate of drug-likeness (QED) is 0.482. The van der Waals surface area contributed by atoms with Crippen LogP contribution in [0.5, 0.6) is 0 Å². The second-order valence-corrected chi connectivity index (χ2v) is 10.5. The Labute approximate surface area is 207 Å². The molecule has 2 aromatic heterocycles. The number of fused-ring (bicyclic) bond motifs is 1. The van der Waals surface area contributed by atoms with E-state index in [-0.39, 0.29) is 40.8 Å². The fourth-order valence-electron chi connectivity index (χ4n) is 4.96. The first-order chi connectivity index (χ1) is 16.8. The summed E-state index contributed by atoms with van der Waals surface area (Å²) in [5.74, 6) is -1.23. The number of ether oxygens (including phenoxy) is 1. The van der Waals surface area contributed by atoms with Crippen LogP contribution in [0.15, 0.2) is 79.8 Å². The molecule has 0 unspecified atom stereocenters. The maximum absolute atomic E-state index is 13.6. The van der Waals surface area contributed by atoms with Crippen LogP contribution in [0.4, 0.5) is 0 Å². The zero-order valence-corrected chi connectivity index (χ0v) is 20.7. The van der Waals surface area contributed by atoms with Crippen molar-refractivity contribution in [2.24, 2.45) is 5.92 Å². The molecule has 1 aliphatic carbocycles. The van der Waals surface area contributed by atoms with Gasteiger partial charge in [-0.2, -0.15) is 0 Å². The van der Waals surface area contributed by atoms with Crippen LogP contribution in [-0.4, -0.2) is 18.4 Å². The predicted molar refractivity (Wildman–Crippen MR) is 135 cm³/mol. The molecule has 1 aromatic carbocycles. The first-order valence-corrected chi connectivity index (χ1v) is 12.7. The second kappa shape index (κ2) is 9.30. The molecule has 3 aromatic rings. The van der Waals surface area contributed by atoms with Gasteiger partial charge in [0, 0.05) is 39.7 Å². The minimum absolute atomic E-state index is 0.0599. The number of carbonyl (C=O) groups is 2. The number of para-hydroxylation sites is 1. The van der Waals surface area contributed by atoms with Crippen LogP contribution in [-0.2, 0) is 14.3 Å². The summed E-state index contributed by atoms with van der Waals surface area (Å²) in [6.07, 6.45) is 2.35. The Kier molecular flexibility index (Phi) is 6.19. The molecule has 0 amide bonds. The molecule has 0 bridgehead atoms. The highest BCUT2D eigenvalue weighted by Gasteiger charge is 2.43. The molecule has 0 spiro atoms. The fourth-order valence-corrected chi connectivity index (χ4v) is 5.79. The van der Waals surface area contributed by atoms with E-state index in [2.05, 4.69) is 5.32 Å². The maximum Gasteiger partial charge on any atom is 0.336 e. The van der Waals surface area contributed by atoms with Gasteiger partial charge in [0.25, 0.3) is 0 Å². The lowest BCUT2D eigenvalue weighted by atomic mass is 9.73. The highest BCUT2D eigenvalue weighted by atomic mass is 32.1. The number of rotatable bonds is 5. The number of hydrogen-bond acceptors (Lipinski definition) is 7. The van der Waals surface area contributed by atoms with Crippen molar-refractivity contribution in [3.8, 4) is 0 Å². The molecule has 2 aliphatic rings. The van der Waals surface area contributed by atoms with Crippen molar-refractivity contribution in [2.45, 2.75) is 45.4 Å². The summed E-state index contributed by atoms with van der Waals surface area (Å²) in [6.45, 7) is 5.96. The number of hydrogen-bond donors (Lipinski definition) is 1. The van der Waals surface area contributed by atoms with Crippen molar-refractivity contribution < 1.29 is 18.7 Å². The van der Waals surface area contributed by atoms with Crippen molar-refractivity contribution in [1.82, 2.24) is 5.32 Å². The topological polar surface area (TPSA) is 85.6 Å². The lowest BCUT2D eigenvalue weighted by Crippen LogP contribution is -2.37. The number of ketones is 1. The molecule has 5 rings (SSSR count). The van der Waals surface area contributed by atoms with E-state index in [1.54, 1.807) is 42.5 Å². The van der Waals surface area contributed by atoms with Gasteiger partial charge in [0.15, 0.2) is 11.2 Å². The Hall–Kier alpha value is -3.45. The molecular weight excluding hydrogens is 462 g/mol. The van der Waals surface area contributed by atoms with Gasteiger partial charge in [-0.15, -0.1) is 11.3 Å². The van der Waals surface area contributed by atoms with Gasteiger partial charge in [0.2, 0.25) is 0 Å². The lowest BCUT2D eigenvalue weighted by Gasteiger charge is -2.36. The molecule has 0 saturated heterocycles. The molecule has 3 heterocycles. The minimum Gasteiger partial charge on any atom is -0.464 e. The standard InChI is InChI=1S/C28H27NO5S/c1-15(2)13-34-28(32)24-16(3)29-20-11-17(23-9-6-10-35-23)12-21(30)26(20)25(24)19-14-33-22-8-5-4-7-18(22)27(19)31/h4-10,14-15,17,25,29H,11-13H2,1-3H3/t17-,25-/m1/s1. The Morgan fingerprint density at radius 1 is 1.17 bits per heavy atom. The number of nitrogens with one attached hydrogen (secondary N) is 1. The molecule has 0 saturated carbocycles. The van der Waals surface area contributed by atoms with Crippen molar-refractivity contribution in [3.05, 3.63) is 91.2 Å². The van der Waals surface area contributed by atoms with E-state index >= 15 is 0 Å². The molecular formula is C28H27NO5S. The monoisotopic (exact) mass is 489 g/mol. The third-order valence-electron chi connectivity index (χ3n) is 6.56. The predicted octanol–water partition coefficient (Wildman–Crippen LogP) is 5.42. The first-order valence-electron chi connectivity index (χ1n) is 11.8. The molecule has 180 valence electrons. The molecule has 6 nitrogen and oxygen atoms in total. The summed E-state index contributed by atoms with van der Waals surface area (Å²) in [5.41, 5.74) is 2.58. The van der Waals surface area contributed by atoms with E-state index in [0.717, 1.165) is 10.6 Å². The second-order valence-electron chi connectivity index (χ2n) is 9.54. The normalized spacial score (nSPS) is 20.3. The maximum atomic E-state index is 13.6. The third kappa shape index (κ3) is 4.25. The fraction of sp³-hybridized carbons (Fsp3) is 0.321. The Morgan fingerprint density at radius 3 is 2.71 bits per heavy atom. The average Bonchev–Trinajstić information content (AvgIpc) is 3.37. The van der Waals surface area contributed by atoms with Gasteiger partial charge in [-0.25, -0.2) is 4.79 Å². The van der Waals surface area contributed by atoms with E-state index < -0.39 is 11.9 Å². The van der Waals surface area contributed by atoms with Crippen molar-refractivity contribution in [3.63, 3.8) is 0 Å². The van der Waals surface area contributed by atoms with E-state index in [1.165, 1.54) is 6.26 Å². The number of dihydropyridines is 1. The van der Waals surface area contributed by atoms with Gasteiger partial charge in [-0.3, -0.25) is 9.59 Å². The van der Waals surface area contributed by atoms with Crippen LogP contribution in [0.25, 0.3) is 11.0 Å². The Morgan fingerprint density at radius 2 is 1.97 bits per heavy atom. The van der Waals surface area contributed by atoms with Gasteiger partial charge in [-0.1, -0.05) is 32.0 Å². The summed E-state index contributed by atoms with van der Waals surface area (Å²) in [4.78, 5) is 41.7.